The normalized spacial score (nSPS) is 21.9. The van der Waals surface area contributed by atoms with Gasteiger partial charge in [-0.2, -0.15) is 0 Å². The maximum atomic E-state index is 13.1. The Balaban J connectivity index is 1.84. The Labute approximate surface area is 284 Å². The van der Waals surface area contributed by atoms with Gasteiger partial charge in [-0.1, -0.05) is 0 Å². The Morgan fingerprint density at radius 2 is 1.21 bits per heavy atom. The average molecular weight is 686 g/mol. The summed E-state index contributed by atoms with van der Waals surface area (Å²) in [6, 6.07) is -0.129. The molecule has 1 atom stereocenters. The molecule has 2 rings (SSSR count). The van der Waals surface area contributed by atoms with Crippen molar-refractivity contribution in [3.63, 3.8) is 0 Å². The van der Waals surface area contributed by atoms with E-state index in [0.717, 1.165) is 44.9 Å². The summed E-state index contributed by atoms with van der Waals surface area (Å²) in [5, 5.41) is 47.1. The standard InChI is InChI=1S/C32H59N7O9/c1-24(40)27(33-2)5-3-4-10-34-28(41)19-25-6-8-26(9-7-25)35-29(42)20-36-11-13-37(21-30(43)44)15-17-39(23-32(47)48)18-16-38(14-12-36)22-31(45)46/h25-27,30,33,43-44H,3-23H2,1-2H3,(H,34,41)(H,35,42)(H,45,46)(H,47,48)/t25?,26?,27-/m1/s1. The number of β-amino-alcohol motifs (C(OH)–C–C–N with tert-alkyl or cyclic N) is 2. The second kappa shape index (κ2) is 22.8. The largest absolute Gasteiger partial charge is 0.480 e. The topological polar surface area (TPSA) is 215 Å². The van der Waals surface area contributed by atoms with E-state index in [4.69, 9.17) is 0 Å². The lowest BCUT2D eigenvalue weighted by atomic mass is 9.84. The number of rotatable bonds is 18. The maximum absolute atomic E-state index is 13.1. The molecule has 1 saturated carbocycles. The minimum absolute atomic E-state index is 0.00964. The Kier molecular flexibility index (Phi) is 19.7. The first kappa shape index (κ1) is 41.4. The summed E-state index contributed by atoms with van der Waals surface area (Å²) >= 11 is 0. The van der Waals surface area contributed by atoms with Crippen molar-refractivity contribution in [3.05, 3.63) is 0 Å². The van der Waals surface area contributed by atoms with Gasteiger partial charge in [0, 0.05) is 77.9 Å². The van der Waals surface area contributed by atoms with Crippen LogP contribution in [-0.2, 0) is 24.0 Å². The van der Waals surface area contributed by atoms with Crippen molar-refractivity contribution in [1.29, 1.82) is 0 Å². The van der Waals surface area contributed by atoms with E-state index < -0.39 is 18.2 Å². The predicted octanol–water partition coefficient (Wildman–Crippen LogP) is -1.78. The van der Waals surface area contributed by atoms with Crippen LogP contribution in [0.1, 0.15) is 58.3 Å². The summed E-state index contributed by atoms with van der Waals surface area (Å²) in [5.41, 5.74) is 0. The fourth-order valence-corrected chi connectivity index (χ4v) is 6.42. The van der Waals surface area contributed by atoms with Crippen molar-refractivity contribution in [1.82, 2.24) is 35.6 Å². The highest BCUT2D eigenvalue weighted by molar-refractivity contribution is 5.81. The van der Waals surface area contributed by atoms with E-state index in [1.54, 1.807) is 23.8 Å². The summed E-state index contributed by atoms with van der Waals surface area (Å²) in [5.74, 6) is -1.71. The molecule has 1 heterocycles. The van der Waals surface area contributed by atoms with Crippen LogP contribution in [0.25, 0.3) is 0 Å². The lowest BCUT2D eigenvalue weighted by Gasteiger charge is -2.34. The number of aliphatic hydroxyl groups excluding tert-OH is 1. The molecular weight excluding hydrogens is 626 g/mol. The van der Waals surface area contributed by atoms with E-state index in [2.05, 4.69) is 16.0 Å². The van der Waals surface area contributed by atoms with Gasteiger partial charge in [-0.25, -0.2) is 0 Å². The summed E-state index contributed by atoms with van der Waals surface area (Å²) in [6.45, 7) is 4.83. The van der Waals surface area contributed by atoms with Crippen molar-refractivity contribution in [2.45, 2.75) is 76.7 Å². The van der Waals surface area contributed by atoms with Crippen molar-refractivity contribution in [2.24, 2.45) is 5.92 Å². The Morgan fingerprint density at radius 3 is 1.67 bits per heavy atom. The summed E-state index contributed by atoms with van der Waals surface area (Å²) in [4.78, 5) is 67.2. The third kappa shape index (κ3) is 18.1. The van der Waals surface area contributed by atoms with Crippen molar-refractivity contribution in [2.75, 3.05) is 92.1 Å². The van der Waals surface area contributed by atoms with Crippen LogP contribution in [0.15, 0.2) is 0 Å². The molecule has 2 fully saturated rings. The fourth-order valence-electron chi connectivity index (χ4n) is 6.42. The number of aliphatic carboxylic acids is 2. The molecule has 0 aromatic carbocycles. The number of nitrogens with zero attached hydrogens (tertiary/aromatic N) is 4. The number of hydrogen-bond donors (Lipinski definition) is 7. The average Bonchev–Trinajstić information content (AvgIpc) is 3.00. The lowest BCUT2D eigenvalue weighted by Crippen LogP contribution is -2.50. The van der Waals surface area contributed by atoms with Gasteiger partial charge in [-0.15, -0.1) is 0 Å². The van der Waals surface area contributed by atoms with Gasteiger partial charge >= 0.3 is 11.9 Å². The van der Waals surface area contributed by atoms with Crippen LogP contribution < -0.4 is 16.0 Å². The van der Waals surface area contributed by atoms with Crippen LogP contribution in [0.5, 0.6) is 0 Å². The van der Waals surface area contributed by atoms with E-state index in [-0.39, 0.29) is 61.8 Å². The molecule has 16 nitrogen and oxygen atoms in total. The number of nitrogens with one attached hydrogen (secondary N) is 3. The van der Waals surface area contributed by atoms with Gasteiger partial charge in [0.25, 0.3) is 0 Å². The molecule has 0 unspecified atom stereocenters. The number of carboxylic acid groups (broad SMARTS) is 2. The number of carbonyl (C=O) groups is 5. The molecule has 7 N–H and O–H groups in total. The highest BCUT2D eigenvalue weighted by atomic mass is 16.5. The first-order valence-electron chi connectivity index (χ1n) is 17.3. The third-order valence-corrected chi connectivity index (χ3v) is 9.20. The summed E-state index contributed by atoms with van der Waals surface area (Å²) < 4.78 is 0. The van der Waals surface area contributed by atoms with Crippen LogP contribution in [0.2, 0.25) is 0 Å². The maximum Gasteiger partial charge on any atom is 0.317 e. The zero-order valence-corrected chi connectivity index (χ0v) is 28.8. The minimum Gasteiger partial charge on any atom is -0.480 e. The van der Waals surface area contributed by atoms with Crippen molar-refractivity contribution >= 4 is 29.5 Å². The highest BCUT2D eigenvalue weighted by Crippen LogP contribution is 2.27. The molecule has 0 radical (unpaired) electrons. The number of ketones is 1. The van der Waals surface area contributed by atoms with Crippen LogP contribution in [-0.4, -0.2) is 180 Å². The molecule has 2 aliphatic rings. The number of Topliss-reactive ketones (excluding diaryl/α,β-unsaturated/α-hetero) is 1. The number of aliphatic hydroxyl groups is 2. The number of likely N-dealkylation sites (N-methyl/N-ethyl adjacent to an activating group) is 1. The molecule has 2 amide bonds. The number of hydrogen-bond acceptors (Lipinski definition) is 12. The Morgan fingerprint density at radius 1 is 0.708 bits per heavy atom. The van der Waals surface area contributed by atoms with E-state index in [1.807, 2.05) is 9.80 Å². The third-order valence-electron chi connectivity index (χ3n) is 9.20. The molecule has 0 spiro atoms. The quantitative estimate of drug-likeness (QED) is 0.0628. The molecule has 0 bridgehead atoms. The number of amides is 2. The van der Waals surface area contributed by atoms with Crippen LogP contribution >= 0.6 is 0 Å². The zero-order valence-electron chi connectivity index (χ0n) is 28.8. The van der Waals surface area contributed by atoms with Gasteiger partial charge in [0.2, 0.25) is 11.8 Å². The van der Waals surface area contributed by atoms with Gasteiger partial charge in [0.1, 0.15) is 5.78 Å². The van der Waals surface area contributed by atoms with Crippen LogP contribution in [0.3, 0.4) is 0 Å². The first-order valence-corrected chi connectivity index (χ1v) is 17.3. The zero-order chi connectivity index (χ0) is 35.5. The van der Waals surface area contributed by atoms with Crippen LogP contribution in [0.4, 0.5) is 0 Å². The van der Waals surface area contributed by atoms with Crippen molar-refractivity contribution in [3.8, 4) is 0 Å². The van der Waals surface area contributed by atoms with Crippen molar-refractivity contribution < 1.29 is 44.4 Å². The monoisotopic (exact) mass is 685 g/mol. The molecule has 0 aromatic rings. The fraction of sp³-hybridized carbons (Fsp3) is 0.844. The molecule has 48 heavy (non-hydrogen) atoms. The Bertz CT molecular complexity index is 1010. The van der Waals surface area contributed by atoms with Gasteiger partial charge in [0.05, 0.1) is 25.7 Å². The molecule has 276 valence electrons. The van der Waals surface area contributed by atoms with E-state index in [0.29, 0.717) is 65.3 Å². The van der Waals surface area contributed by atoms with E-state index in [1.165, 1.54) is 0 Å². The number of carboxylic acids is 2. The molecule has 0 aromatic heterocycles. The summed E-state index contributed by atoms with van der Waals surface area (Å²) in [6.07, 6.45) is 4.55. The van der Waals surface area contributed by atoms with Gasteiger partial charge in [-0.3, -0.25) is 43.6 Å². The van der Waals surface area contributed by atoms with Gasteiger partial charge < -0.3 is 36.4 Å². The molecule has 1 aliphatic heterocycles. The smallest absolute Gasteiger partial charge is 0.317 e. The Hall–Kier alpha value is -2.73. The lowest BCUT2D eigenvalue weighted by molar-refractivity contribution is -0.140. The minimum atomic E-state index is -1.56. The van der Waals surface area contributed by atoms with E-state index >= 15 is 0 Å². The SMILES string of the molecule is CN[C@H](CCCCNC(=O)CC1CCC(NC(=O)CN2CCN(CC(=O)O)CCN(CC(=O)O)CCN(CC(O)O)CC2)CC1)C(C)=O. The molecule has 1 aliphatic carbocycles. The molecule has 1 saturated heterocycles. The van der Waals surface area contributed by atoms with Gasteiger partial charge in [-0.05, 0) is 64.8 Å². The highest BCUT2D eigenvalue weighted by Gasteiger charge is 2.26. The number of unbranched alkanes of at least 4 members (excludes halogenated alkanes) is 1. The second-order valence-electron chi connectivity index (χ2n) is 13.2. The van der Waals surface area contributed by atoms with Gasteiger partial charge in [0.15, 0.2) is 6.29 Å². The van der Waals surface area contributed by atoms with Crippen LogP contribution in [0, 0.1) is 5.92 Å². The first-order chi connectivity index (χ1) is 22.8. The molecular formula is C32H59N7O9. The predicted molar refractivity (Wildman–Crippen MR) is 178 cm³/mol. The summed E-state index contributed by atoms with van der Waals surface area (Å²) in [7, 11) is 1.77. The second-order valence-corrected chi connectivity index (χ2v) is 13.2. The molecule has 16 heteroatoms. The number of carbonyl (C=O) groups excluding carboxylic acids is 3. The van der Waals surface area contributed by atoms with E-state index in [9.17, 15) is 44.4 Å².